The fraction of sp³-hybridized carbons (Fsp3) is 0. The monoisotopic (exact) mass is 243 g/mol. The lowest BCUT2D eigenvalue weighted by Gasteiger charge is -2.03. The number of halogens is 1. The lowest BCUT2D eigenvalue weighted by molar-refractivity contribution is 0.484. The van der Waals surface area contributed by atoms with Crippen LogP contribution in [0.5, 0.6) is 0 Å². The molecule has 1 aromatic heterocycles. The van der Waals surface area contributed by atoms with E-state index in [9.17, 15) is 8.42 Å². The highest BCUT2D eigenvalue weighted by atomic mass is 35.5. The fourth-order valence-corrected chi connectivity index (χ4v) is 2.19. The van der Waals surface area contributed by atoms with Crippen molar-refractivity contribution in [2.24, 2.45) is 0 Å². The van der Waals surface area contributed by atoms with E-state index in [1.54, 1.807) is 24.3 Å². The molecular formula is C9H6ClNO3S. The maximum atomic E-state index is 11.0. The van der Waals surface area contributed by atoms with Gasteiger partial charge < -0.3 is 0 Å². The summed E-state index contributed by atoms with van der Waals surface area (Å²) in [5, 5.41) is 1.06. The number of benzene rings is 1. The van der Waals surface area contributed by atoms with Gasteiger partial charge in [-0.1, -0.05) is 35.9 Å². The topological polar surface area (TPSA) is 67.3 Å². The Morgan fingerprint density at radius 1 is 1.20 bits per heavy atom. The molecular weight excluding hydrogens is 238 g/mol. The molecule has 1 aromatic carbocycles. The molecule has 0 aliphatic carbocycles. The molecule has 0 atom stereocenters. The van der Waals surface area contributed by atoms with E-state index >= 15 is 0 Å². The smallest absolute Gasteiger partial charge is 0.282 e. The van der Waals surface area contributed by atoms with Gasteiger partial charge in [-0.05, 0) is 0 Å². The van der Waals surface area contributed by atoms with Crippen LogP contribution in [0.15, 0.2) is 35.4 Å². The Kier molecular flexibility index (Phi) is 2.38. The predicted molar refractivity (Wildman–Crippen MR) is 56.6 cm³/mol. The molecule has 0 amide bonds. The Bertz CT molecular complexity index is 624. The van der Waals surface area contributed by atoms with Crippen molar-refractivity contribution in [1.29, 1.82) is 0 Å². The van der Waals surface area contributed by atoms with Gasteiger partial charge in [-0.2, -0.15) is 8.42 Å². The van der Waals surface area contributed by atoms with Gasteiger partial charge in [0.05, 0.1) is 6.20 Å². The van der Waals surface area contributed by atoms with Crippen molar-refractivity contribution >= 4 is 32.5 Å². The van der Waals surface area contributed by atoms with Gasteiger partial charge in [-0.25, -0.2) is 4.98 Å². The van der Waals surface area contributed by atoms with Gasteiger partial charge in [-0.15, -0.1) is 0 Å². The highest BCUT2D eigenvalue weighted by Crippen LogP contribution is 2.26. The third kappa shape index (κ3) is 1.81. The second-order valence-electron chi connectivity index (χ2n) is 2.93. The van der Waals surface area contributed by atoms with Crippen LogP contribution in [0, 0.1) is 0 Å². The van der Waals surface area contributed by atoms with E-state index in [2.05, 4.69) is 4.98 Å². The minimum Gasteiger partial charge on any atom is -0.282 e. The first kappa shape index (κ1) is 10.4. The molecule has 0 unspecified atom stereocenters. The Hall–Kier alpha value is -1.17. The SMILES string of the molecule is O=S(=O)(O)c1cnc(Cl)c2ccccc12. The first-order valence-electron chi connectivity index (χ1n) is 4.01. The molecule has 0 aliphatic heterocycles. The van der Waals surface area contributed by atoms with Gasteiger partial charge in [0.2, 0.25) is 0 Å². The van der Waals surface area contributed by atoms with Gasteiger partial charge in [0, 0.05) is 10.8 Å². The Labute approximate surface area is 91.3 Å². The molecule has 78 valence electrons. The molecule has 6 heteroatoms. The summed E-state index contributed by atoms with van der Waals surface area (Å²) in [7, 11) is -4.27. The second kappa shape index (κ2) is 3.44. The van der Waals surface area contributed by atoms with Crippen LogP contribution in [0.3, 0.4) is 0 Å². The number of rotatable bonds is 1. The number of hydrogen-bond acceptors (Lipinski definition) is 3. The summed E-state index contributed by atoms with van der Waals surface area (Å²) in [4.78, 5) is 3.47. The minimum absolute atomic E-state index is 0.206. The van der Waals surface area contributed by atoms with E-state index in [1.807, 2.05) is 0 Å². The third-order valence-corrected chi connectivity index (χ3v) is 3.17. The van der Waals surface area contributed by atoms with Crippen LogP contribution in [0.1, 0.15) is 0 Å². The molecule has 0 saturated carbocycles. The Morgan fingerprint density at radius 3 is 2.40 bits per heavy atom. The van der Waals surface area contributed by atoms with Crippen molar-refractivity contribution in [1.82, 2.24) is 4.98 Å². The molecule has 15 heavy (non-hydrogen) atoms. The summed E-state index contributed by atoms with van der Waals surface area (Å²) in [6.07, 6.45) is 1.04. The van der Waals surface area contributed by atoms with Crippen LogP contribution < -0.4 is 0 Å². The molecule has 0 bridgehead atoms. The van der Waals surface area contributed by atoms with Crippen molar-refractivity contribution in [2.45, 2.75) is 4.90 Å². The van der Waals surface area contributed by atoms with Gasteiger partial charge in [-0.3, -0.25) is 4.55 Å². The third-order valence-electron chi connectivity index (χ3n) is 1.99. The van der Waals surface area contributed by atoms with Crippen LogP contribution in [0.4, 0.5) is 0 Å². The first-order valence-corrected chi connectivity index (χ1v) is 5.82. The van der Waals surface area contributed by atoms with Crippen molar-refractivity contribution in [3.05, 3.63) is 35.6 Å². The molecule has 2 rings (SSSR count). The van der Waals surface area contributed by atoms with E-state index in [0.29, 0.717) is 10.8 Å². The second-order valence-corrected chi connectivity index (χ2v) is 4.68. The molecule has 1 N–H and O–H groups in total. The van der Waals surface area contributed by atoms with Crippen LogP contribution in [0.2, 0.25) is 5.15 Å². The quantitative estimate of drug-likeness (QED) is 0.616. The van der Waals surface area contributed by atoms with Crippen LogP contribution in [-0.4, -0.2) is 18.0 Å². The normalized spacial score (nSPS) is 11.9. The molecule has 0 saturated heterocycles. The van der Waals surface area contributed by atoms with E-state index in [-0.39, 0.29) is 10.0 Å². The summed E-state index contributed by atoms with van der Waals surface area (Å²) in [6.45, 7) is 0. The maximum Gasteiger partial charge on any atom is 0.296 e. The highest BCUT2D eigenvalue weighted by molar-refractivity contribution is 7.86. The fourth-order valence-electron chi connectivity index (χ4n) is 1.34. The molecule has 0 radical (unpaired) electrons. The summed E-state index contributed by atoms with van der Waals surface area (Å²) < 4.78 is 31.0. The summed E-state index contributed by atoms with van der Waals surface area (Å²) in [5.74, 6) is 0. The van der Waals surface area contributed by atoms with Crippen molar-refractivity contribution < 1.29 is 13.0 Å². The largest absolute Gasteiger partial charge is 0.296 e. The standard InChI is InChI=1S/C9H6ClNO3S/c10-9-7-4-2-1-3-6(7)8(5-11-9)15(12,13)14/h1-5H,(H,12,13,14). The highest BCUT2D eigenvalue weighted by Gasteiger charge is 2.15. The zero-order valence-electron chi connectivity index (χ0n) is 7.38. The zero-order chi connectivity index (χ0) is 11.1. The number of hydrogen-bond donors (Lipinski definition) is 1. The predicted octanol–water partition coefficient (Wildman–Crippen LogP) is 2.13. The Balaban J connectivity index is 2.96. The minimum atomic E-state index is -4.27. The van der Waals surface area contributed by atoms with E-state index < -0.39 is 10.1 Å². The number of pyridine rings is 1. The molecule has 0 aliphatic rings. The molecule has 1 heterocycles. The average molecular weight is 244 g/mol. The molecule has 4 nitrogen and oxygen atoms in total. The van der Waals surface area contributed by atoms with Gasteiger partial charge in [0.25, 0.3) is 10.1 Å². The summed E-state index contributed by atoms with van der Waals surface area (Å²) >= 11 is 5.79. The van der Waals surface area contributed by atoms with Gasteiger partial charge in [0.1, 0.15) is 10.0 Å². The maximum absolute atomic E-state index is 11.0. The van der Waals surface area contributed by atoms with E-state index in [1.165, 1.54) is 0 Å². The summed E-state index contributed by atoms with van der Waals surface area (Å²) in [5.41, 5.74) is 0. The van der Waals surface area contributed by atoms with E-state index in [4.69, 9.17) is 16.2 Å². The molecule has 0 fully saturated rings. The molecule has 2 aromatic rings. The number of fused-ring (bicyclic) bond motifs is 1. The number of nitrogens with zero attached hydrogens (tertiary/aromatic N) is 1. The first-order chi connectivity index (χ1) is 7.00. The van der Waals surface area contributed by atoms with Gasteiger partial charge >= 0.3 is 0 Å². The van der Waals surface area contributed by atoms with Crippen molar-refractivity contribution in [3.63, 3.8) is 0 Å². The average Bonchev–Trinajstić information content (AvgIpc) is 2.17. The van der Waals surface area contributed by atoms with Gasteiger partial charge in [0.15, 0.2) is 0 Å². The Morgan fingerprint density at radius 2 is 1.80 bits per heavy atom. The number of aromatic nitrogens is 1. The molecule has 0 spiro atoms. The summed E-state index contributed by atoms with van der Waals surface area (Å²) in [6, 6.07) is 6.57. The van der Waals surface area contributed by atoms with E-state index in [0.717, 1.165) is 6.20 Å². The van der Waals surface area contributed by atoms with Crippen LogP contribution >= 0.6 is 11.6 Å². The van der Waals surface area contributed by atoms with Crippen molar-refractivity contribution in [2.75, 3.05) is 0 Å². The lowest BCUT2D eigenvalue weighted by atomic mass is 10.2. The van der Waals surface area contributed by atoms with Crippen LogP contribution in [-0.2, 0) is 10.1 Å². The van der Waals surface area contributed by atoms with Crippen LogP contribution in [0.25, 0.3) is 10.8 Å². The lowest BCUT2D eigenvalue weighted by Crippen LogP contribution is -2.00. The van der Waals surface area contributed by atoms with Crippen molar-refractivity contribution in [3.8, 4) is 0 Å². The zero-order valence-corrected chi connectivity index (χ0v) is 8.96.